The number of benzene rings is 1. The van der Waals surface area contributed by atoms with Gasteiger partial charge in [0.1, 0.15) is 0 Å². The molecule has 1 aromatic carbocycles. The lowest BCUT2D eigenvalue weighted by Gasteiger charge is -2.34. The van der Waals surface area contributed by atoms with Crippen molar-refractivity contribution >= 4 is 18.3 Å². The second-order valence-corrected chi connectivity index (χ2v) is 7.09. The quantitative estimate of drug-likeness (QED) is 0.926. The van der Waals surface area contributed by atoms with Gasteiger partial charge in [0.05, 0.1) is 0 Å². The molecule has 1 atom stereocenters. The van der Waals surface area contributed by atoms with Gasteiger partial charge in [0, 0.05) is 32.1 Å². The summed E-state index contributed by atoms with van der Waals surface area (Å²) >= 11 is 0. The highest BCUT2D eigenvalue weighted by Crippen LogP contribution is 2.22. The van der Waals surface area contributed by atoms with Crippen LogP contribution in [-0.4, -0.2) is 36.5 Å². The van der Waals surface area contributed by atoms with Crippen molar-refractivity contribution < 1.29 is 4.79 Å². The van der Waals surface area contributed by atoms with E-state index in [0.717, 1.165) is 26.1 Å². The number of hydrogen-bond donors (Lipinski definition) is 1. The maximum Gasteiger partial charge on any atom is 0.223 e. The average molecular weight is 325 g/mol. The molecule has 124 valence electrons. The first-order valence-corrected chi connectivity index (χ1v) is 7.97. The third-order valence-corrected chi connectivity index (χ3v) is 4.27. The summed E-state index contributed by atoms with van der Waals surface area (Å²) in [7, 11) is 0. The number of halogens is 1. The summed E-state index contributed by atoms with van der Waals surface area (Å²) in [5, 5.41) is 3.32. The fourth-order valence-corrected chi connectivity index (χ4v) is 2.78. The van der Waals surface area contributed by atoms with Crippen LogP contribution in [0.2, 0.25) is 0 Å². The molecule has 1 aliphatic rings. The zero-order chi connectivity index (χ0) is 15.5. The van der Waals surface area contributed by atoms with Crippen molar-refractivity contribution in [1.29, 1.82) is 0 Å². The molecule has 1 saturated heterocycles. The highest BCUT2D eigenvalue weighted by Gasteiger charge is 2.22. The molecule has 1 fully saturated rings. The van der Waals surface area contributed by atoms with Crippen molar-refractivity contribution in [3.05, 3.63) is 35.4 Å². The second-order valence-electron chi connectivity index (χ2n) is 7.09. The van der Waals surface area contributed by atoms with E-state index in [9.17, 15) is 4.79 Å². The maximum atomic E-state index is 12.3. The van der Waals surface area contributed by atoms with E-state index in [4.69, 9.17) is 0 Å². The first-order chi connectivity index (χ1) is 9.88. The lowest BCUT2D eigenvalue weighted by atomic mass is 9.86. The minimum atomic E-state index is 0. The molecule has 0 radical (unpaired) electrons. The molecule has 1 aromatic rings. The van der Waals surface area contributed by atoms with E-state index < -0.39 is 0 Å². The summed E-state index contributed by atoms with van der Waals surface area (Å²) < 4.78 is 0. The summed E-state index contributed by atoms with van der Waals surface area (Å²) in [5.41, 5.74) is 2.78. The van der Waals surface area contributed by atoms with Gasteiger partial charge < -0.3 is 10.2 Å². The molecular formula is C18H29ClN2O. The standard InChI is InChI=1S/C18H28N2O.ClH/c1-14-13-19-11-12-20(14)17(21)10-7-15-5-8-16(9-6-15)18(2,3)4;/h5-6,8-9,14,19H,7,10-13H2,1-4H3;1H/t14-;/m1./s1. The zero-order valence-electron chi connectivity index (χ0n) is 14.2. The van der Waals surface area contributed by atoms with Crippen molar-refractivity contribution in [3.63, 3.8) is 0 Å². The van der Waals surface area contributed by atoms with Crippen molar-refractivity contribution in [1.82, 2.24) is 10.2 Å². The number of piperazine rings is 1. The van der Waals surface area contributed by atoms with Crippen molar-refractivity contribution in [2.45, 2.75) is 52.0 Å². The molecule has 0 spiro atoms. The van der Waals surface area contributed by atoms with Gasteiger partial charge in [0.25, 0.3) is 0 Å². The number of amides is 1. The smallest absolute Gasteiger partial charge is 0.223 e. The largest absolute Gasteiger partial charge is 0.337 e. The van der Waals surface area contributed by atoms with Crippen molar-refractivity contribution in [3.8, 4) is 0 Å². The Hall–Kier alpha value is -1.06. The number of carbonyl (C=O) groups is 1. The van der Waals surface area contributed by atoms with Crippen LogP contribution >= 0.6 is 12.4 Å². The summed E-state index contributed by atoms with van der Waals surface area (Å²) in [6.45, 7) is 11.4. The molecule has 1 aliphatic heterocycles. The SMILES string of the molecule is C[C@@H]1CNCCN1C(=O)CCc1ccc(C(C)(C)C)cc1.Cl. The van der Waals surface area contributed by atoms with Crippen LogP contribution in [0.3, 0.4) is 0 Å². The topological polar surface area (TPSA) is 32.3 Å². The van der Waals surface area contributed by atoms with Gasteiger partial charge >= 0.3 is 0 Å². The molecule has 0 saturated carbocycles. The van der Waals surface area contributed by atoms with Crippen LogP contribution in [0.15, 0.2) is 24.3 Å². The number of nitrogens with zero attached hydrogens (tertiary/aromatic N) is 1. The van der Waals surface area contributed by atoms with Crippen LogP contribution in [0.1, 0.15) is 45.2 Å². The van der Waals surface area contributed by atoms with Gasteiger partial charge in [-0.2, -0.15) is 0 Å². The Kier molecular flexibility index (Phi) is 6.89. The lowest BCUT2D eigenvalue weighted by Crippen LogP contribution is -2.52. The second kappa shape index (κ2) is 7.98. The lowest BCUT2D eigenvalue weighted by molar-refractivity contribution is -0.133. The minimum absolute atomic E-state index is 0. The highest BCUT2D eigenvalue weighted by molar-refractivity contribution is 5.85. The number of carbonyl (C=O) groups excluding carboxylic acids is 1. The fraction of sp³-hybridized carbons (Fsp3) is 0.611. The first kappa shape index (κ1) is 19.0. The van der Waals surface area contributed by atoms with Crippen LogP contribution in [0, 0.1) is 0 Å². The Morgan fingerprint density at radius 1 is 1.27 bits per heavy atom. The maximum absolute atomic E-state index is 12.3. The Balaban J connectivity index is 0.00000242. The van der Waals surface area contributed by atoms with E-state index in [1.54, 1.807) is 0 Å². The van der Waals surface area contributed by atoms with E-state index in [-0.39, 0.29) is 23.7 Å². The molecular weight excluding hydrogens is 296 g/mol. The molecule has 0 aromatic heterocycles. The summed E-state index contributed by atoms with van der Waals surface area (Å²) in [6, 6.07) is 9.01. The molecule has 22 heavy (non-hydrogen) atoms. The summed E-state index contributed by atoms with van der Waals surface area (Å²) in [4.78, 5) is 14.3. The van der Waals surface area contributed by atoms with Gasteiger partial charge in [-0.15, -0.1) is 12.4 Å². The highest BCUT2D eigenvalue weighted by atomic mass is 35.5. The van der Waals surface area contributed by atoms with Gasteiger partial charge in [0.15, 0.2) is 0 Å². The van der Waals surface area contributed by atoms with Crippen LogP contribution in [-0.2, 0) is 16.6 Å². The van der Waals surface area contributed by atoms with E-state index in [1.807, 2.05) is 4.90 Å². The Bertz CT molecular complexity index is 479. The Morgan fingerprint density at radius 3 is 2.45 bits per heavy atom. The summed E-state index contributed by atoms with van der Waals surface area (Å²) in [6.07, 6.45) is 1.44. The number of nitrogens with one attached hydrogen (secondary N) is 1. The molecule has 1 amide bonds. The van der Waals surface area contributed by atoms with Crippen LogP contribution in [0.4, 0.5) is 0 Å². The molecule has 0 unspecified atom stereocenters. The van der Waals surface area contributed by atoms with E-state index in [1.165, 1.54) is 11.1 Å². The summed E-state index contributed by atoms with van der Waals surface area (Å²) in [5.74, 6) is 0.281. The van der Waals surface area contributed by atoms with E-state index in [0.29, 0.717) is 12.5 Å². The van der Waals surface area contributed by atoms with Crippen molar-refractivity contribution in [2.75, 3.05) is 19.6 Å². The average Bonchev–Trinajstić information content (AvgIpc) is 2.45. The molecule has 3 nitrogen and oxygen atoms in total. The van der Waals surface area contributed by atoms with Gasteiger partial charge in [0.2, 0.25) is 5.91 Å². The predicted molar refractivity (Wildman–Crippen MR) is 94.8 cm³/mol. The van der Waals surface area contributed by atoms with Crippen LogP contribution in [0.5, 0.6) is 0 Å². The third kappa shape index (κ3) is 4.99. The molecule has 1 heterocycles. The molecule has 0 bridgehead atoms. The van der Waals surface area contributed by atoms with Crippen molar-refractivity contribution in [2.24, 2.45) is 0 Å². The molecule has 0 aliphatic carbocycles. The molecule has 1 N–H and O–H groups in total. The number of rotatable bonds is 3. The van der Waals surface area contributed by atoms with Crippen LogP contribution < -0.4 is 5.32 Å². The van der Waals surface area contributed by atoms with Crippen LogP contribution in [0.25, 0.3) is 0 Å². The molecule has 4 heteroatoms. The van der Waals surface area contributed by atoms with Gasteiger partial charge in [-0.05, 0) is 29.9 Å². The fourth-order valence-electron chi connectivity index (χ4n) is 2.78. The van der Waals surface area contributed by atoms with E-state index >= 15 is 0 Å². The monoisotopic (exact) mass is 324 g/mol. The number of aryl methyl sites for hydroxylation is 1. The normalized spacial score (nSPS) is 18.7. The van der Waals surface area contributed by atoms with Gasteiger partial charge in [-0.25, -0.2) is 0 Å². The molecule has 2 rings (SSSR count). The Morgan fingerprint density at radius 2 is 1.91 bits per heavy atom. The minimum Gasteiger partial charge on any atom is -0.337 e. The number of hydrogen-bond acceptors (Lipinski definition) is 2. The zero-order valence-corrected chi connectivity index (χ0v) is 15.0. The first-order valence-electron chi connectivity index (χ1n) is 7.97. The van der Waals surface area contributed by atoms with Gasteiger partial charge in [-0.3, -0.25) is 4.79 Å². The predicted octanol–water partition coefficient (Wildman–Crippen LogP) is 3.16. The Labute approximate surface area is 140 Å². The van der Waals surface area contributed by atoms with Gasteiger partial charge in [-0.1, -0.05) is 45.0 Å². The van der Waals surface area contributed by atoms with E-state index in [2.05, 4.69) is 57.3 Å². The third-order valence-electron chi connectivity index (χ3n) is 4.27.